The van der Waals surface area contributed by atoms with Crippen molar-refractivity contribution in [2.75, 3.05) is 4.90 Å². The summed E-state index contributed by atoms with van der Waals surface area (Å²) in [5, 5.41) is 0. The molecule has 35 heavy (non-hydrogen) atoms. The summed E-state index contributed by atoms with van der Waals surface area (Å²) in [7, 11) is 0. The van der Waals surface area contributed by atoms with E-state index in [9.17, 15) is 9.59 Å². The minimum absolute atomic E-state index is 0.103. The van der Waals surface area contributed by atoms with Gasteiger partial charge in [0.1, 0.15) is 11.5 Å². The number of alkyl halides is 2. The van der Waals surface area contributed by atoms with Crippen LogP contribution in [0.4, 0.5) is 5.69 Å². The Bertz CT molecular complexity index is 1200. The molecule has 0 N–H and O–H groups in total. The van der Waals surface area contributed by atoms with Crippen molar-refractivity contribution in [3.05, 3.63) is 90.0 Å². The number of hydrogen-bond donors (Lipinski definition) is 0. The third-order valence-electron chi connectivity index (χ3n) is 7.31. The van der Waals surface area contributed by atoms with Crippen LogP contribution in [-0.4, -0.2) is 21.5 Å². The molecular weight excluding hydrogens is 570 g/mol. The molecule has 2 fully saturated rings. The van der Waals surface area contributed by atoms with E-state index in [1.165, 1.54) is 16.0 Å². The Morgan fingerprint density at radius 3 is 1.69 bits per heavy atom. The van der Waals surface area contributed by atoms with Crippen molar-refractivity contribution >= 4 is 49.4 Å². The van der Waals surface area contributed by atoms with Gasteiger partial charge in [-0.2, -0.15) is 0 Å². The zero-order chi connectivity index (χ0) is 24.7. The molecule has 0 radical (unpaired) electrons. The number of anilines is 1. The van der Waals surface area contributed by atoms with E-state index in [1.807, 2.05) is 18.2 Å². The van der Waals surface area contributed by atoms with Crippen LogP contribution in [0.2, 0.25) is 0 Å². The highest BCUT2D eigenvalue weighted by atomic mass is 79.9. The summed E-state index contributed by atoms with van der Waals surface area (Å²) in [6.45, 7) is 4.42. The van der Waals surface area contributed by atoms with E-state index in [0.717, 1.165) is 5.75 Å². The normalized spacial score (nSPS) is 24.4. The summed E-state index contributed by atoms with van der Waals surface area (Å²) < 4.78 is 6.04. The molecular formula is C29H27Br2NO3. The van der Waals surface area contributed by atoms with Gasteiger partial charge in [0.2, 0.25) is 11.8 Å². The van der Waals surface area contributed by atoms with Gasteiger partial charge < -0.3 is 4.74 Å². The number of benzene rings is 3. The lowest BCUT2D eigenvalue weighted by Crippen LogP contribution is -2.34. The maximum Gasteiger partial charge on any atom is 0.237 e. The van der Waals surface area contributed by atoms with Crippen LogP contribution in [0.1, 0.15) is 37.8 Å². The predicted molar refractivity (Wildman–Crippen MR) is 146 cm³/mol. The van der Waals surface area contributed by atoms with Gasteiger partial charge >= 0.3 is 0 Å². The number of rotatable bonds is 5. The highest BCUT2D eigenvalue weighted by molar-refractivity contribution is 9.12. The van der Waals surface area contributed by atoms with Crippen LogP contribution < -0.4 is 9.64 Å². The van der Waals surface area contributed by atoms with E-state index in [2.05, 4.69) is 82.1 Å². The largest absolute Gasteiger partial charge is 0.457 e. The van der Waals surface area contributed by atoms with Crippen molar-refractivity contribution in [2.45, 2.75) is 41.8 Å². The van der Waals surface area contributed by atoms with E-state index in [0.29, 0.717) is 24.3 Å². The number of carbonyl (C=O) groups excluding carboxylic acids is 2. The molecule has 0 aromatic heterocycles. The van der Waals surface area contributed by atoms with Crippen LogP contribution in [0.3, 0.4) is 0 Å². The summed E-state index contributed by atoms with van der Waals surface area (Å²) in [6, 6.07) is 25.8. The molecule has 4 nitrogen and oxygen atoms in total. The lowest BCUT2D eigenvalue weighted by Gasteiger charge is -2.29. The van der Waals surface area contributed by atoms with Gasteiger partial charge in [-0.3, -0.25) is 14.5 Å². The maximum absolute atomic E-state index is 13.0. The Kier molecular flexibility index (Phi) is 6.62. The molecule has 1 aliphatic carbocycles. The van der Waals surface area contributed by atoms with Crippen LogP contribution in [0, 0.1) is 11.8 Å². The first kappa shape index (κ1) is 24.3. The second-order valence-electron chi connectivity index (χ2n) is 9.84. The molecule has 4 unspecified atom stereocenters. The minimum Gasteiger partial charge on any atom is -0.457 e. The summed E-state index contributed by atoms with van der Waals surface area (Å²) in [6.07, 6.45) is 1.33. The van der Waals surface area contributed by atoms with E-state index >= 15 is 0 Å². The molecule has 2 aliphatic rings. The molecule has 3 aromatic rings. The summed E-state index contributed by atoms with van der Waals surface area (Å²) in [4.78, 5) is 27.8. The second kappa shape index (κ2) is 9.55. The van der Waals surface area contributed by atoms with Crippen LogP contribution >= 0.6 is 31.9 Å². The Labute approximate surface area is 222 Å². The van der Waals surface area contributed by atoms with E-state index in [-0.39, 0.29) is 38.7 Å². The summed E-state index contributed by atoms with van der Waals surface area (Å²) in [5.41, 5.74) is 2.94. The van der Waals surface area contributed by atoms with Crippen molar-refractivity contribution in [2.24, 2.45) is 11.8 Å². The standard InChI is InChI=1S/C29H27Br2NO3/c1-29(2,18-6-4-3-5-7-18)19-8-12-21(13-9-19)35-22-14-10-20(11-15-22)32-27(33)23-16-25(30)26(31)17-24(23)28(32)34/h3-15,23-26H,16-17H2,1-2H3. The van der Waals surface area contributed by atoms with Gasteiger partial charge in [-0.25, -0.2) is 0 Å². The van der Waals surface area contributed by atoms with E-state index in [1.54, 1.807) is 24.3 Å². The molecule has 1 saturated carbocycles. The molecule has 1 heterocycles. The van der Waals surface area contributed by atoms with Crippen LogP contribution in [0.15, 0.2) is 78.9 Å². The van der Waals surface area contributed by atoms with Crippen molar-refractivity contribution in [3.8, 4) is 11.5 Å². The van der Waals surface area contributed by atoms with Gasteiger partial charge in [-0.05, 0) is 60.4 Å². The summed E-state index contributed by atoms with van der Waals surface area (Å²) in [5.74, 6) is 0.673. The molecule has 0 spiro atoms. The Balaban J connectivity index is 1.29. The Morgan fingerprint density at radius 2 is 1.17 bits per heavy atom. The van der Waals surface area contributed by atoms with Crippen LogP contribution in [0.25, 0.3) is 0 Å². The number of fused-ring (bicyclic) bond motifs is 1. The average molecular weight is 597 g/mol. The van der Waals surface area contributed by atoms with Crippen molar-refractivity contribution in [3.63, 3.8) is 0 Å². The molecule has 1 aliphatic heterocycles. The lowest BCUT2D eigenvalue weighted by molar-refractivity contribution is -0.122. The zero-order valence-electron chi connectivity index (χ0n) is 19.7. The first-order valence-electron chi connectivity index (χ1n) is 11.9. The molecule has 6 heteroatoms. The fraction of sp³-hybridized carbons (Fsp3) is 0.310. The SMILES string of the molecule is CC(C)(c1ccccc1)c1ccc(Oc2ccc(N3C(=O)C4CC(Br)C(Br)CC4C3=O)cc2)cc1. The molecule has 1 saturated heterocycles. The highest BCUT2D eigenvalue weighted by Crippen LogP contribution is 2.44. The number of ether oxygens (including phenoxy) is 1. The Hall–Kier alpha value is -2.44. The third-order valence-corrected chi connectivity index (χ3v) is 10.0. The third kappa shape index (κ3) is 4.58. The minimum atomic E-state index is -0.254. The molecule has 4 atom stereocenters. The first-order valence-corrected chi connectivity index (χ1v) is 13.7. The van der Waals surface area contributed by atoms with E-state index in [4.69, 9.17) is 4.74 Å². The number of amides is 2. The number of imide groups is 1. The molecule has 3 aromatic carbocycles. The lowest BCUT2D eigenvalue weighted by atomic mass is 9.78. The predicted octanol–water partition coefficient (Wildman–Crippen LogP) is 7.23. The monoisotopic (exact) mass is 595 g/mol. The van der Waals surface area contributed by atoms with Gasteiger partial charge in [-0.1, -0.05) is 88.2 Å². The smallest absolute Gasteiger partial charge is 0.237 e. The molecule has 5 rings (SSSR count). The second-order valence-corrected chi connectivity index (χ2v) is 12.2. The maximum atomic E-state index is 13.0. The van der Waals surface area contributed by atoms with Crippen molar-refractivity contribution < 1.29 is 14.3 Å². The van der Waals surface area contributed by atoms with Gasteiger partial charge in [-0.15, -0.1) is 0 Å². The summed E-state index contributed by atoms with van der Waals surface area (Å²) >= 11 is 7.27. The van der Waals surface area contributed by atoms with Gasteiger partial charge in [0.15, 0.2) is 0 Å². The molecule has 2 amide bonds. The molecule has 180 valence electrons. The van der Waals surface area contributed by atoms with Gasteiger partial charge in [0.05, 0.1) is 17.5 Å². The van der Waals surface area contributed by atoms with Gasteiger partial charge in [0.25, 0.3) is 0 Å². The highest BCUT2D eigenvalue weighted by Gasteiger charge is 2.52. The van der Waals surface area contributed by atoms with Crippen molar-refractivity contribution in [1.29, 1.82) is 0 Å². The first-order chi connectivity index (χ1) is 16.8. The number of carbonyl (C=O) groups is 2. The topological polar surface area (TPSA) is 46.6 Å². The van der Waals surface area contributed by atoms with Crippen LogP contribution in [-0.2, 0) is 15.0 Å². The van der Waals surface area contributed by atoms with Crippen molar-refractivity contribution in [1.82, 2.24) is 0 Å². The fourth-order valence-corrected chi connectivity index (χ4v) is 6.35. The van der Waals surface area contributed by atoms with Crippen LogP contribution in [0.5, 0.6) is 11.5 Å². The number of halogens is 2. The Morgan fingerprint density at radius 1 is 0.714 bits per heavy atom. The fourth-order valence-electron chi connectivity index (χ4n) is 5.11. The molecule has 0 bridgehead atoms. The van der Waals surface area contributed by atoms with E-state index < -0.39 is 0 Å². The quantitative estimate of drug-likeness (QED) is 0.230. The number of nitrogens with zero attached hydrogens (tertiary/aromatic N) is 1. The van der Waals surface area contributed by atoms with Gasteiger partial charge in [0, 0.05) is 15.1 Å². The zero-order valence-corrected chi connectivity index (χ0v) is 22.8. The number of hydrogen-bond acceptors (Lipinski definition) is 3. The average Bonchev–Trinajstić information content (AvgIpc) is 3.10.